The molecule has 1 heteroatoms. The Morgan fingerprint density at radius 2 is 1.11 bits per heavy atom. The second-order valence-electron chi connectivity index (χ2n) is 9.58. The first-order chi connectivity index (χ1) is 13.1. The molecule has 0 atom stereocenters. The van der Waals surface area contributed by atoms with Crippen LogP contribution in [0.2, 0.25) is 0 Å². The molecular weight excluding hydrogens is 340 g/mol. The van der Waals surface area contributed by atoms with Crippen molar-refractivity contribution < 1.29 is 4.79 Å². The molecule has 144 valence electrons. The van der Waals surface area contributed by atoms with Crippen molar-refractivity contribution in [1.29, 1.82) is 0 Å². The van der Waals surface area contributed by atoms with Gasteiger partial charge in [-0.2, -0.15) is 0 Å². The molecular formula is C27H30O. The summed E-state index contributed by atoms with van der Waals surface area (Å²) in [4.78, 5) is 13.1. The van der Waals surface area contributed by atoms with Gasteiger partial charge in [-0.25, -0.2) is 0 Å². The van der Waals surface area contributed by atoms with Crippen molar-refractivity contribution in [3.63, 3.8) is 0 Å². The molecule has 0 spiro atoms. The summed E-state index contributed by atoms with van der Waals surface area (Å²) < 4.78 is 0. The van der Waals surface area contributed by atoms with E-state index in [0.29, 0.717) is 0 Å². The zero-order valence-corrected chi connectivity index (χ0v) is 17.8. The quantitative estimate of drug-likeness (QED) is 0.543. The Morgan fingerprint density at radius 1 is 0.643 bits per heavy atom. The summed E-state index contributed by atoms with van der Waals surface area (Å²) in [6, 6.07) is 19.0. The Bertz CT molecular complexity index is 918. The maximum absolute atomic E-state index is 13.1. The van der Waals surface area contributed by atoms with Crippen molar-refractivity contribution in [2.75, 3.05) is 0 Å². The number of hydrogen-bond donors (Lipinski definition) is 0. The van der Waals surface area contributed by atoms with Crippen LogP contribution >= 0.6 is 0 Å². The second kappa shape index (κ2) is 7.39. The van der Waals surface area contributed by atoms with Gasteiger partial charge in [-0.3, -0.25) is 4.79 Å². The third-order valence-electron chi connectivity index (χ3n) is 5.08. The van der Waals surface area contributed by atoms with Crippen LogP contribution in [0.4, 0.5) is 0 Å². The number of carbonyl (C=O) groups excluding carboxylic acids is 1. The highest BCUT2D eigenvalue weighted by molar-refractivity contribution is 6.12. The number of carbonyl (C=O) groups is 1. The summed E-state index contributed by atoms with van der Waals surface area (Å²) in [6.07, 6.45) is 6.28. The van der Waals surface area contributed by atoms with Crippen molar-refractivity contribution in [2.45, 2.75) is 41.5 Å². The molecule has 0 fully saturated rings. The van der Waals surface area contributed by atoms with E-state index in [-0.39, 0.29) is 16.6 Å². The lowest BCUT2D eigenvalue weighted by Gasteiger charge is -2.31. The van der Waals surface area contributed by atoms with E-state index in [2.05, 4.69) is 108 Å². The minimum absolute atomic E-state index is 0.177. The largest absolute Gasteiger partial charge is 0.289 e. The van der Waals surface area contributed by atoms with Gasteiger partial charge in [0.2, 0.25) is 0 Å². The molecule has 0 saturated carbocycles. The number of benzene rings is 2. The van der Waals surface area contributed by atoms with Crippen LogP contribution in [-0.4, -0.2) is 5.78 Å². The van der Waals surface area contributed by atoms with Crippen molar-refractivity contribution in [3.8, 4) is 11.1 Å². The Balaban J connectivity index is 2.00. The summed E-state index contributed by atoms with van der Waals surface area (Å²) >= 11 is 0. The molecule has 2 aromatic rings. The number of allylic oxidation sites excluding steroid dienone is 5. The molecule has 3 rings (SSSR count). The van der Waals surface area contributed by atoms with E-state index < -0.39 is 0 Å². The summed E-state index contributed by atoms with van der Waals surface area (Å²) in [5.41, 5.74) is 6.04. The highest BCUT2D eigenvalue weighted by Gasteiger charge is 2.33. The highest BCUT2D eigenvalue weighted by atomic mass is 16.1. The lowest BCUT2D eigenvalue weighted by atomic mass is 9.72. The minimum atomic E-state index is -0.182. The lowest BCUT2D eigenvalue weighted by molar-refractivity contribution is -0.114. The number of hydrogen-bond acceptors (Lipinski definition) is 1. The molecule has 2 aromatic carbocycles. The fourth-order valence-electron chi connectivity index (χ4n) is 3.44. The standard InChI is InChI=1S/C27H30O/c1-26(2,3)23-17-20(18-24(25(23)28)27(4,5)6)16-19-12-14-22(15-13-19)21-10-8-7-9-11-21/h7-18H,1-6H3. The SMILES string of the molecule is CC(C)(C)C1=CC(=Cc2ccc(-c3ccccc3)cc2)C=C(C(C)(C)C)C1=O. The predicted octanol–water partition coefficient (Wildman–Crippen LogP) is 7.26. The van der Waals surface area contributed by atoms with Crippen LogP contribution in [0.15, 0.2) is 83.5 Å². The third kappa shape index (κ3) is 4.42. The predicted molar refractivity (Wildman–Crippen MR) is 120 cm³/mol. The van der Waals surface area contributed by atoms with Gasteiger partial charge in [0.1, 0.15) is 0 Å². The van der Waals surface area contributed by atoms with Gasteiger partial charge >= 0.3 is 0 Å². The van der Waals surface area contributed by atoms with E-state index in [0.717, 1.165) is 22.3 Å². The molecule has 0 aromatic heterocycles. The fraction of sp³-hybridized carbons (Fsp3) is 0.296. The molecule has 0 amide bonds. The highest BCUT2D eigenvalue weighted by Crippen LogP contribution is 2.39. The summed E-state index contributed by atoms with van der Waals surface area (Å²) in [5, 5.41) is 0. The van der Waals surface area contributed by atoms with Crippen LogP contribution in [0.3, 0.4) is 0 Å². The normalized spacial score (nSPS) is 15.2. The summed E-state index contributed by atoms with van der Waals surface area (Å²) in [6.45, 7) is 12.6. The van der Waals surface area contributed by atoms with Crippen LogP contribution in [0.5, 0.6) is 0 Å². The minimum Gasteiger partial charge on any atom is -0.289 e. The first-order valence-corrected chi connectivity index (χ1v) is 9.92. The first-order valence-electron chi connectivity index (χ1n) is 9.92. The number of Topliss-reactive ketones (excluding diaryl/α,β-unsaturated/α-hetero) is 1. The summed E-state index contributed by atoms with van der Waals surface area (Å²) in [7, 11) is 0. The van der Waals surface area contributed by atoms with Gasteiger partial charge in [-0.15, -0.1) is 0 Å². The zero-order valence-electron chi connectivity index (χ0n) is 17.8. The van der Waals surface area contributed by atoms with Gasteiger partial charge in [0, 0.05) is 11.1 Å². The van der Waals surface area contributed by atoms with E-state index in [1.54, 1.807) is 0 Å². The first kappa shape index (κ1) is 20.1. The van der Waals surface area contributed by atoms with Crippen LogP contribution < -0.4 is 0 Å². The van der Waals surface area contributed by atoms with E-state index >= 15 is 0 Å². The van der Waals surface area contributed by atoms with Gasteiger partial charge in [-0.1, -0.05) is 96.1 Å². The molecule has 1 nitrogen and oxygen atoms in total. The third-order valence-corrected chi connectivity index (χ3v) is 5.08. The Morgan fingerprint density at radius 3 is 1.57 bits per heavy atom. The smallest absolute Gasteiger partial charge is 0.186 e. The molecule has 28 heavy (non-hydrogen) atoms. The Kier molecular flexibility index (Phi) is 5.30. The molecule has 0 unspecified atom stereocenters. The maximum atomic E-state index is 13.1. The van der Waals surface area contributed by atoms with Crippen molar-refractivity contribution in [1.82, 2.24) is 0 Å². The van der Waals surface area contributed by atoms with Gasteiger partial charge in [0.05, 0.1) is 0 Å². The van der Waals surface area contributed by atoms with E-state index in [1.807, 2.05) is 6.07 Å². The van der Waals surface area contributed by atoms with Crippen LogP contribution in [0.25, 0.3) is 17.2 Å². The average Bonchev–Trinajstić information content (AvgIpc) is 2.62. The van der Waals surface area contributed by atoms with Gasteiger partial charge < -0.3 is 0 Å². The summed E-state index contributed by atoms with van der Waals surface area (Å²) in [5.74, 6) is 0.177. The van der Waals surface area contributed by atoms with E-state index in [9.17, 15) is 4.79 Å². The maximum Gasteiger partial charge on any atom is 0.186 e. The van der Waals surface area contributed by atoms with Crippen LogP contribution in [-0.2, 0) is 4.79 Å². The van der Waals surface area contributed by atoms with E-state index in [1.165, 1.54) is 11.1 Å². The van der Waals surface area contributed by atoms with Crippen molar-refractivity contribution in [2.24, 2.45) is 10.8 Å². The number of ketones is 1. The Hall–Kier alpha value is -2.67. The second-order valence-corrected chi connectivity index (χ2v) is 9.58. The monoisotopic (exact) mass is 370 g/mol. The fourth-order valence-corrected chi connectivity index (χ4v) is 3.44. The number of rotatable bonds is 2. The molecule has 0 bridgehead atoms. The molecule has 1 aliphatic rings. The zero-order chi connectivity index (χ0) is 20.5. The van der Waals surface area contributed by atoms with Gasteiger partial charge in [0.15, 0.2) is 5.78 Å². The lowest BCUT2D eigenvalue weighted by Crippen LogP contribution is -2.27. The molecule has 0 N–H and O–H groups in total. The Labute approximate surface area is 169 Å². The van der Waals surface area contributed by atoms with Crippen LogP contribution in [0.1, 0.15) is 47.1 Å². The molecule has 0 heterocycles. The van der Waals surface area contributed by atoms with Gasteiger partial charge in [0.25, 0.3) is 0 Å². The molecule has 0 radical (unpaired) electrons. The van der Waals surface area contributed by atoms with Gasteiger partial charge in [-0.05, 0) is 51.3 Å². The molecule has 0 saturated heterocycles. The average molecular weight is 371 g/mol. The topological polar surface area (TPSA) is 17.1 Å². The van der Waals surface area contributed by atoms with E-state index in [4.69, 9.17) is 0 Å². The molecule has 0 aliphatic heterocycles. The van der Waals surface area contributed by atoms with Crippen molar-refractivity contribution in [3.05, 3.63) is 89.0 Å². The molecule has 1 aliphatic carbocycles. The van der Waals surface area contributed by atoms with Crippen LogP contribution in [0, 0.1) is 10.8 Å². The van der Waals surface area contributed by atoms with Crippen molar-refractivity contribution >= 4 is 11.9 Å².